The van der Waals surface area contributed by atoms with Crippen LogP contribution >= 0.6 is 0 Å². The first-order chi connectivity index (χ1) is 7.64. The molecule has 0 bridgehead atoms. The quantitative estimate of drug-likeness (QED) is 0.347. The van der Waals surface area contributed by atoms with Gasteiger partial charge in [-0.15, -0.1) is 0 Å². The topological polar surface area (TPSA) is 0 Å². The van der Waals surface area contributed by atoms with Crippen molar-refractivity contribution in [3.05, 3.63) is 12.9 Å². The molecule has 0 saturated heterocycles. The molecule has 0 aromatic rings. The Kier molecular flexibility index (Phi) is 8.77. The van der Waals surface area contributed by atoms with E-state index in [1.807, 2.05) is 0 Å². The summed E-state index contributed by atoms with van der Waals surface area (Å²) in [4.78, 5) is 0. The number of alkyl halides is 8. The van der Waals surface area contributed by atoms with Crippen LogP contribution < -0.4 is 0 Å². The average molecular weight is 427 g/mol. The van der Waals surface area contributed by atoms with Gasteiger partial charge in [-0.2, -0.15) is 17.6 Å². The van der Waals surface area contributed by atoms with Crippen molar-refractivity contribution in [1.29, 1.82) is 0 Å². The third-order valence-corrected chi connectivity index (χ3v) is 1.66. The average Bonchev–Trinajstić information content (AvgIpc) is 2.15. The molecule has 0 aromatic heterocycles. The van der Waals surface area contributed by atoms with Crippen LogP contribution in [0.15, 0.2) is 0 Å². The number of halogens is 12. The Balaban J connectivity index is -0.00000144. The zero-order valence-corrected chi connectivity index (χ0v) is 10.0. The number of hydrogen-bond donors (Lipinski definition) is 0. The molecule has 0 heterocycles. The van der Waals surface area contributed by atoms with Gasteiger partial charge in [-0.3, -0.25) is 0 Å². The molecule has 0 saturated carbocycles. The van der Waals surface area contributed by atoms with Crippen molar-refractivity contribution in [2.75, 3.05) is 0 Å². The first-order valence-corrected chi connectivity index (χ1v) is 3.52. The molecular formula is C6Cu2F12. The van der Waals surface area contributed by atoms with Crippen LogP contribution in [0, 0.1) is 12.9 Å². The Morgan fingerprint density at radius 2 is 0.600 bits per heavy atom. The molecule has 0 unspecified atom stereocenters. The summed E-state index contributed by atoms with van der Waals surface area (Å²) in [7, 11) is 0. The predicted molar refractivity (Wildman–Crippen MR) is 30.7 cm³/mol. The van der Waals surface area contributed by atoms with Crippen LogP contribution in [0.3, 0.4) is 0 Å². The molecule has 0 aliphatic rings. The summed E-state index contributed by atoms with van der Waals surface area (Å²) in [6, 6.07) is 0. The van der Waals surface area contributed by atoms with Gasteiger partial charge in [0.2, 0.25) is 0 Å². The van der Waals surface area contributed by atoms with Crippen molar-refractivity contribution < 1.29 is 86.8 Å². The van der Waals surface area contributed by atoms with E-state index in [1.54, 1.807) is 0 Å². The molecule has 0 N–H and O–H groups in total. The van der Waals surface area contributed by atoms with Crippen molar-refractivity contribution in [1.82, 2.24) is 0 Å². The van der Waals surface area contributed by atoms with Crippen LogP contribution in [0.2, 0.25) is 0 Å². The van der Waals surface area contributed by atoms with Gasteiger partial charge in [0.25, 0.3) is 11.8 Å². The van der Waals surface area contributed by atoms with Gasteiger partial charge in [-0.25, -0.2) is 17.6 Å². The molecule has 130 valence electrons. The summed E-state index contributed by atoms with van der Waals surface area (Å²) < 4.78 is 142. The third-order valence-electron chi connectivity index (χ3n) is 1.66. The Morgan fingerprint density at radius 3 is 0.700 bits per heavy atom. The van der Waals surface area contributed by atoms with E-state index in [1.165, 1.54) is 0 Å². The number of hydrogen-bond acceptors (Lipinski definition) is 0. The second-order valence-electron chi connectivity index (χ2n) is 2.82. The third kappa shape index (κ3) is 3.50. The van der Waals surface area contributed by atoms with Gasteiger partial charge in [-0.1, -0.05) is 0 Å². The number of rotatable bonds is 5. The van der Waals surface area contributed by atoms with E-state index in [4.69, 9.17) is 0 Å². The molecule has 0 rings (SSSR count). The minimum atomic E-state index is -7.42. The fourth-order valence-corrected chi connectivity index (χ4v) is 0.632. The molecular weight excluding hydrogens is 427 g/mol. The van der Waals surface area contributed by atoms with Crippen LogP contribution in [-0.4, -0.2) is 23.7 Å². The van der Waals surface area contributed by atoms with Crippen LogP contribution in [0.5, 0.6) is 0 Å². The Hall–Kier alpha value is 0.199. The standard InChI is InChI=1S/C6F12.2Cu/c7-1(8)3(11,12)5(15,16)6(17,18)4(13,14)2(9)10;;/q-2;2*+1. The Morgan fingerprint density at radius 1 is 0.450 bits per heavy atom. The minimum absolute atomic E-state index is 0. The normalized spacial score (nSPS) is 14.1. The molecule has 20 heavy (non-hydrogen) atoms. The summed E-state index contributed by atoms with van der Waals surface area (Å²) in [6.07, 6.45) is -9.25. The van der Waals surface area contributed by atoms with Crippen molar-refractivity contribution in [2.45, 2.75) is 23.7 Å². The molecule has 14 heteroatoms. The fourth-order valence-electron chi connectivity index (χ4n) is 0.632. The monoisotopic (exact) mass is 426 g/mol. The van der Waals surface area contributed by atoms with E-state index in [9.17, 15) is 52.7 Å². The smallest absolute Gasteiger partial charge is 0.415 e. The summed E-state index contributed by atoms with van der Waals surface area (Å²) in [5.74, 6) is -28.9. The minimum Gasteiger partial charge on any atom is -0.415 e. The van der Waals surface area contributed by atoms with Gasteiger partial charge in [0, 0.05) is 0 Å². The zero-order chi connectivity index (χ0) is 15.2. The maximum Gasteiger partial charge on any atom is 1.00 e. The fraction of sp³-hybridized carbons (Fsp3) is 0.667. The molecule has 0 aliphatic carbocycles. The van der Waals surface area contributed by atoms with Crippen molar-refractivity contribution in [3.8, 4) is 0 Å². The van der Waals surface area contributed by atoms with Crippen LogP contribution in [0.4, 0.5) is 52.7 Å². The molecule has 0 atom stereocenters. The Labute approximate surface area is 124 Å². The molecule has 0 aromatic carbocycles. The second-order valence-corrected chi connectivity index (χ2v) is 2.82. The van der Waals surface area contributed by atoms with Gasteiger partial charge in [0.1, 0.15) is 0 Å². The molecule has 0 fully saturated rings. The molecule has 0 radical (unpaired) electrons. The van der Waals surface area contributed by atoms with E-state index < -0.39 is 36.5 Å². The summed E-state index contributed by atoms with van der Waals surface area (Å²) in [6.45, 7) is 0. The first kappa shape index (κ1) is 25.2. The predicted octanol–water partition coefficient (Wildman–Crippen LogP) is 4.38. The van der Waals surface area contributed by atoms with E-state index in [-0.39, 0.29) is 34.1 Å². The maximum absolute atomic E-state index is 12.3. The largest absolute Gasteiger partial charge is 1.00 e. The van der Waals surface area contributed by atoms with Crippen LogP contribution in [0.1, 0.15) is 0 Å². The molecule has 0 nitrogen and oxygen atoms in total. The van der Waals surface area contributed by atoms with Gasteiger partial charge in [0.15, 0.2) is 0 Å². The van der Waals surface area contributed by atoms with E-state index in [2.05, 4.69) is 0 Å². The van der Waals surface area contributed by atoms with Crippen molar-refractivity contribution >= 4 is 0 Å². The summed E-state index contributed by atoms with van der Waals surface area (Å²) in [5, 5.41) is 0. The van der Waals surface area contributed by atoms with Gasteiger partial charge in [-0.05, 0) is 0 Å². The van der Waals surface area contributed by atoms with Crippen molar-refractivity contribution in [3.63, 3.8) is 0 Å². The van der Waals surface area contributed by atoms with E-state index in [0.29, 0.717) is 0 Å². The zero-order valence-electron chi connectivity index (χ0n) is 8.14. The molecule has 0 aliphatic heterocycles. The van der Waals surface area contributed by atoms with Crippen LogP contribution in [-0.2, 0) is 34.1 Å². The summed E-state index contributed by atoms with van der Waals surface area (Å²) >= 11 is 0. The SMILES string of the molecule is F[C-](F)C(F)(F)C(F)(F)C(F)(F)C(F)(F)[C-](F)F.[Cu+].[Cu+]. The van der Waals surface area contributed by atoms with Crippen LogP contribution in [0.25, 0.3) is 0 Å². The summed E-state index contributed by atoms with van der Waals surface area (Å²) in [5.41, 5.74) is 0. The molecule has 0 spiro atoms. The van der Waals surface area contributed by atoms with Crippen molar-refractivity contribution in [2.24, 2.45) is 0 Å². The molecule has 0 amide bonds. The van der Waals surface area contributed by atoms with Gasteiger partial charge >= 0.3 is 46.0 Å². The maximum atomic E-state index is 12.3. The first-order valence-electron chi connectivity index (χ1n) is 3.52. The Bertz CT molecular complexity index is 270. The van der Waals surface area contributed by atoms with Gasteiger partial charge < -0.3 is 17.6 Å². The van der Waals surface area contributed by atoms with E-state index in [0.717, 1.165) is 0 Å². The van der Waals surface area contributed by atoms with Gasteiger partial charge in [0.05, 0.1) is 12.9 Å². The second kappa shape index (κ2) is 6.97. The van der Waals surface area contributed by atoms with E-state index >= 15 is 0 Å².